The molecule has 0 atom stereocenters. The molecule has 0 aliphatic rings. The molecule has 1 N–H and O–H groups in total. The van der Waals surface area contributed by atoms with E-state index in [1.54, 1.807) is 6.20 Å². The molecule has 2 aromatic heterocycles. The lowest BCUT2D eigenvalue weighted by Gasteiger charge is -2.01. The molecule has 80 valence electrons. The summed E-state index contributed by atoms with van der Waals surface area (Å²) in [7, 11) is 0. The van der Waals surface area contributed by atoms with E-state index < -0.39 is 0 Å². The van der Waals surface area contributed by atoms with E-state index >= 15 is 0 Å². The standard InChI is InChI=1S/C11H10N4S/c12-5-10-1-2-11(16-10)7-14-6-9-3-4-13-8-15-9/h1-4,8,14H,6-7H2. The quantitative estimate of drug-likeness (QED) is 0.868. The van der Waals surface area contributed by atoms with Crippen LogP contribution in [0.2, 0.25) is 0 Å². The minimum Gasteiger partial charge on any atom is -0.306 e. The normalized spacial score (nSPS) is 9.94. The van der Waals surface area contributed by atoms with Crippen LogP contribution < -0.4 is 5.32 Å². The first-order valence-corrected chi connectivity index (χ1v) is 5.64. The van der Waals surface area contributed by atoms with Gasteiger partial charge in [0.2, 0.25) is 0 Å². The minimum atomic E-state index is 0.711. The summed E-state index contributed by atoms with van der Waals surface area (Å²) in [6.07, 6.45) is 3.26. The van der Waals surface area contributed by atoms with Crippen LogP contribution in [0.15, 0.2) is 30.7 Å². The summed E-state index contributed by atoms with van der Waals surface area (Å²) >= 11 is 1.51. The number of nitrogens with zero attached hydrogens (tertiary/aromatic N) is 3. The van der Waals surface area contributed by atoms with Crippen LogP contribution in [0, 0.1) is 11.3 Å². The molecule has 2 heterocycles. The van der Waals surface area contributed by atoms with E-state index in [0.717, 1.165) is 22.0 Å². The average molecular weight is 230 g/mol. The number of rotatable bonds is 4. The molecule has 2 rings (SSSR count). The predicted octanol–water partition coefficient (Wildman–Crippen LogP) is 1.70. The molecule has 0 bridgehead atoms. The second-order valence-corrected chi connectivity index (χ2v) is 4.35. The summed E-state index contributed by atoms with van der Waals surface area (Å²) in [5.74, 6) is 0. The number of aromatic nitrogens is 2. The highest BCUT2D eigenvalue weighted by Crippen LogP contribution is 2.14. The van der Waals surface area contributed by atoms with E-state index in [0.29, 0.717) is 6.54 Å². The summed E-state index contributed by atoms with van der Waals surface area (Å²) in [6.45, 7) is 1.47. The summed E-state index contributed by atoms with van der Waals surface area (Å²) in [6, 6.07) is 7.81. The van der Waals surface area contributed by atoms with Gasteiger partial charge >= 0.3 is 0 Å². The molecule has 0 spiro atoms. The summed E-state index contributed by atoms with van der Waals surface area (Å²) in [4.78, 5) is 9.87. The van der Waals surface area contributed by atoms with Gasteiger partial charge in [-0.2, -0.15) is 5.26 Å². The zero-order chi connectivity index (χ0) is 11.2. The molecular formula is C11H10N4S. The van der Waals surface area contributed by atoms with E-state index in [-0.39, 0.29) is 0 Å². The van der Waals surface area contributed by atoms with Gasteiger partial charge in [0.25, 0.3) is 0 Å². The predicted molar refractivity (Wildman–Crippen MR) is 61.6 cm³/mol. The van der Waals surface area contributed by atoms with Crippen molar-refractivity contribution < 1.29 is 0 Å². The first-order valence-electron chi connectivity index (χ1n) is 4.83. The Hall–Kier alpha value is -1.77. The highest BCUT2D eigenvalue weighted by molar-refractivity contribution is 7.12. The summed E-state index contributed by atoms with van der Waals surface area (Å²) in [5, 5.41) is 11.9. The van der Waals surface area contributed by atoms with Crippen LogP contribution >= 0.6 is 11.3 Å². The van der Waals surface area contributed by atoms with Crippen LogP contribution in [-0.2, 0) is 13.1 Å². The smallest absolute Gasteiger partial charge is 0.115 e. The summed E-state index contributed by atoms with van der Waals surface area (Å²) in [5.41, 5.74) is 0.965. The molecular weight excluding hydrogens is 220 g/mol. The fourth-order valence-electron chi connectivity index (χ4n) is 1.27. The molecule has 16 heavy (non-hydrogen) atoms. The Kier molecular flexibility index (Phi) is 3.59. The second-order valence-electron chi connectivity index (χ2n) is 3.18. The van der Waals surface area contributed by atoms with Gasteiger partial charge in [0.1, 0.15) is 17.3 Å². The number of hydrogen-bond donors (Lipinski definition) is 1. The van der Waals surface area contributed by atoms with Crippen LogP contribution in [-0.4, -0.2) is 9.97 Å². The number of thiophene rings is 1. The van der Waals surface area contributed by atoms with Crippen molar-refractivity contribution in [1.29, 1.82) is 5.26 Å². The number of nitrogens with one attached hydrogen (secondary N) is 1. The second kappa shape index (κ2) is 5.35. The van der Waals surface area contributed by atoms with Gasteiger partial charge < -0.3 is 5.32 Å². The monoisotopic (exact) mass is 230 g/mol. The van der Waals surface area contributed by atoms with Crippen LogP contribution in [0.3, 0.4) is 0 Å². The highest BCUT2D eigenvalue weighted by Gasteiger charge is 1.99. The molecule has 4 nitrogen and oxygen atoms in total. The first kappa shape index (κ1) is 10.7. The third-order valence-corrected chi connectivity index (χ3v) is 3.01. The topological polar surface area (TPSA) is 61.6 Å². The van der Waals surface area contributed by atoms with Crippen molar-refractivity contribution in [3.63, 3.8) is 0 Å². The molecule has 0 aromatic carbocycles. The SMILES string of the molecule is N#Cc1ccc(CNCc2ccncn2)s1. The molecule has 0 fully saturated rings. The first-order chi connectivity index (χ1) is 7.88. The van der Waals surface area contributed by atoms with Crippen LogP contribution in [0.5, 0.6) is 0 Å². The maximum Gasteiger partial charge on any atom is 0.115 e. The van der Waals surface area contributed by atoms with Crippen LogP contribution in [0.1, 0.15) is 15.4 Å². The number of nitriles is 1. The lowest BCUT2D eigenvalue weighted by atomic mass is 10.4. The van der Waals surface area contributed by atoms with Gasteiger partial charge in [0.15, 0.2) is 0 Å². The molecule has 0 unspecified atom stereocenters. The molecule has 0 aliphatic carbocycles. The van der Waals surface area contributed by atoms with Gasteiger partial charge in [0, 0.05) is 24.2 Å². The van der Waals surface area contributed by atoms with E-state index in [1.165, 1.54) is 17.7 Å². The van der Waals surface area contributed by atoms with Crippen molar-refractivity contribution in [2.75, 3.05) is 0 Å². The minimum absolute atomic E-state index is 0.711. The molecule has 0 saturated carbocycles. The lowest BCUT2D eigenvalue weighted by molar-refractivity contribution is 0.684. The van der Waals surface area contributed by atoms with Crippen molar-refractivity contribution in [2.45, 2.75) is 13.1 Å². The fraction of sp³-hybridized carbons (Fsp3) is 0.182. The Morgan fingerprint density at radius 2 is 2.25 bits per heavy atom. The lowest BCUT2D eigenvalue weighted by Crippen LogP contribution is -2.12. The Morgan fingerprint density at radius 1 is 1.31 bits per heavy atom. The molecule has 5 heteroatoms. The molecule has 0 aliphatic heterocycles. The molecule has 2 aromatic rings. The number of hydrogen-bond acceptors (Lipinski definition) is 5. The zero-order valence-electron chi connectivity index (χ0n) is 8.55. The fourth-order valence-corrected chi connectivity index (χ4v) is 2.04. The Morgan fingerprint density at radius 3 is 2.94 bits per heavy atom. The van der Waals surface area contributed by atoms with Gasteiger partial charge in [0.05, 0.1) is 5.69 Å². The average Bonchev–Trinajstić information content (AvgIpc) is 2.78. The molecule has 0 saturated heterocycles. The van der Waals surface area contributed by atoms with Gasteiger partial charge in [-0.3, -0.25) is 0 Å². The van der Waals surface area contributed by atoms with E-state index in [4.69, 9.17) is 5.26 Å². The van der Waals surface area contributed by atoms with Crippen molar-refractivity contribution in [3.8, 4) is 6.07 Å². The highest BCUT2D eigenvalue weighted by atomic mass is 32.1. The van der Waals surface area contributed by atoms with E-state index in [9.17, 15) is 0 Å². The Balaban J connectivity index is 1.83. The van der Waals surface area contributed by atoms with Gasteiger partial charge in [-0.05, 0) is 18.2 Å². The zero-order valence-corrected chi connectivity index (χ0v) is 9.37. The maximum atomic E-state index is 8.68. The maximum absolute atomic E-state index is 8.68. The van der Waals surface area contributed by atoms with Crippen molar-refractivity contribution >= 4 is 11.3 Å². The van der Waals surface area contributed by atoms with Crippen molar-refractivity contribution in [2.24, 2.45) is 0 Å². The molecule has 0 radical (unpaired) electrons. The van der Waals surface area contributed by atoms with Gasteiger partial charge in [-0.25, -0.2) is 9.97 Å². The van der Waals surface area contributed by atoms with Crippen LogP contribution in [0.25, 0.3) is 0 Å². The van der Waals surface area contributed by atoms with E-state index in [1.807, 2.05) is 18.2 Å². The molecule has 0 amide bonds. The van der Waals surface area contributed by atoms with Gasteiger partial charge in [-0.15, -0.1) is 11.3 Å². The van der Waals surface area contributed by atoms with E-state index in [2.05, 4.69) is 21.4 Å². The van der Waals surface area contributed by atoms with Crippen molar-refractivity contribution in [1.82, 2.24) is 15.3 Å². The van der Waals surface area contributed by atoms with Gasteiger partial charge in [-0.1, -0.05) is 0 Å². The third kappa shape index (κ3) is 2.86. The Bertz CT molecular complexity index is 486. The van der Waals surface area contributed by atoms with Crippen LogP contribution in [0.4, 0.5) is 0 Å². The Labute approximate surface area is 97.6 Å². The third-order valence-electron chi connectivity index (χ3n) is 2.02. The summed E-state index contributed by atoms with van der Waals surface area (Å²) < 4.78 is 0. The van der Waals surface area contributed by atoms with Crippen molar-refractivity contribution in [3.05, 3.63) is 46.2 Å². The largest absolute Gasteiger partial charge is 0.306 e.